The van der Waals surface area contributed by atoms with E-state index in [1.807, 2.05) is 6.92 Å². The van der Waals surface area contributed by atoms with Crippen molar-refractivity contribution in [1.29, 1.82) is 0 Å². The number of hydroxylamine groups is 1. The highest BCUT2D eigenvalue weighted by Gasteiger charge is 2.18. The van der Waals surface area contributed by atoms with E-state index in [0.29, 0.717) is 6.42 Å². The number of hydrogen-bond donors (Lipinski definition) is 2. The summed E-state index contributed by atoms with van der Waals surface area (Å²) in [4.78, 5) is 11.0. The Hall–Kier alpha value is -0.610. The number of rotatable bonds is 6. The second-order valence-corrected chi connectivity index (χ2v) is 3.76. The Balaban J connectivity index is 3.57. The van der Waals surface area contributed by atoms with Gasteiger partial charge in [0.05, 0.1) is 5.54 Å². The Bertz CT molecular complexity index is 157. The Kier molecular flexibility index (Phi) is 5.66. The fourth-order valence-corrected chi connectivity index (χ4v) is 0.686. The van der Waals surface area contributed by atoms with E-state index in [1.54, 1.807) is 13.8 Å². The second kappa shape index (κ2) is 5.94. The molecule has 0 heterocycles. The molecule has 0 amide bonds. The number of carbonyl (C=O) groups excluding carboxylic acids is 1. The van der Waals surface area contributed by atoms with Crippen LogP contribution in [0.4, 0.5) is 0 Å². The first-order valence-electron chi connectivity index (χ1n) is 4.58. The van der Waals surface area contributed by atoms with Crippen LogP contribution in [0.25, 0.3) is 0 Å². The Morgan fingerprint density at radius 2 is 2.15 bits per heavy atom. The standard InChI is InChI=1S/C9H19NO3/c1-4-5-6-8(11)13-7-9(2,3)10-12/h10,12H,4-7H2,1-3H3. The first-order valence-corrected chi connectivity index (χ1v) is 4.58. The molecule has 2 N–H and O–H groups in total. The van der Waals surface area contributed by atoms with Gasteiger partial charge in [0.2, 0.25) is 0 Å². The molecule has 13 heavy (non-hydrogen) atoms. The third-order valence-electron chi connectivity index (χ3n) is 1.63. The van der Waals surface area contributed by atoms with Crippen LogP contribution in [0.5, 0.6) is 0 Å². The zero-order valence-electron chi connectivity index (χ0n) is 8.59. The monoisotopic (exact) mass is 189 g/mol. The molecule has 0 saturated carbocycles. The fraction of sp³-hybridized carbons (Fsp3) is 0.889. The number of unbranched alkanes of at least 4 members (excludes halogenated alkanes) is 1. The van der Waals surface area contributed by atoms with Crippen molar-refractivity contribution >= 4 is 5.97 Å². The van der Waals surface area contributed by atoms with E-state index in [4.69, 9.17) is 9.94 Å². The summed E-state index contributed by atoms with van der Waals surface area (Å²) in [5, 5.41) is 8.64. The van der Waals surface area contributed by atoms with Gasteiger partial charge < -0.3 is 9.94 Å². The van der Waals surface area contributed by atoms with Crippen molar-refractivity contribution in [3.63, 3.8) is 0 Å². The van der Waals surface area contributed by atoms with Crippen molar-refractivity contribution in [2.75, 3.05) is 6.61 Å². The summed E-state index contributed by atoms with van der Waals surface area (Å²) in [6, 6.07) is 0. The van der Waals surface area contributed by atoms with Gasteiger partial charge in [0.1, 0.15) is 6.61 Å². The van der Waals surface area contributed by atoms with Crippen molar-refractivity contribution in [1.82, 2.24) is 5.48 Å². The van der Waals surface area contributed by atoms with Gasteiger partial charge in [0, 0.05) is 6.42 Å². The maximum absolute atomic E-state index is 11.0. The maximum Gasteiger partial charge on any atom is 0.305 e. The summed E-state index contributed by atoms with van der Waals surface area (Å²) in [6.45, 7) is 5.71. The van der Waals surface area contributed by atoms with Crippen LogP contribution in [-0.2, 0) is 9.53 Å². The van der Waals surface area contributed by atoms with E-state index in [-0.39, 0.29) is 12.6 Å². The van der Waals surface area contributed by atoms with Crippen LogP contribution in [0.2, 0.25) is 0 Å². The molecule has 0 rings (SSSR count). The Morgan fingerprint density at radius 3 is 2.62 bits per heavy atom. The quantitative estimate of drug-likeness (QED) is 0.491. The first kappa shape index (κ1) is 12.4. The predicted octanol–water partition coefficient (Wildman–Crippen LogP) is 1.48. The lowest BCUT2D eigenvalue weighted by Crippen LogP contribution is -2.42. The van der Waals surface area contributed by atoms with Gasteiger partial charge in [-0.25, -0.2) is 0 Å². The van der Waals surface area contributed by atoms with Crippen LogP contribution < -0.4 is 5.48 Å². The molecule has 0 unspecified atom stereocenters. The van der Waals surface area contributed by atoms with E-state index >= 15 is 0 Å². The highest BCUT2D eigenvalue weighted by molar-refractivity contribution is 5.69. The summed E-state index contributed by atoms with van der Waals surface area (Å²) in [6.07, 6.45) is 2.29. The number of nitrogens with one attached hydrogen (secondary N) is 1. The minimum absolute atomic E-state index is 0.187. The van der Waals surface area contributed by atoms with Gasteiger partial charge >= 0.3 is 5.97 Å². The number of esters is 1. The molecule has 0 aromatic heterocycles. The predicted molar refractivity (Wildman–Crippen MR) is 49.5 cm³/mol. The van der Waals surface area contributed by atoms with Crippen LogP contribution in [0.3, 0.4) is 0 Å². The zero-order chi connectivity index (χ0) is 10.3. The van der Waals surface area contributed by atoms with Crippen LogP contribution in [-0.4, -0.2) is 23.3 Å². The van der Waals surface area contributed by atoms with Gasteiger partial charge in [-0.15, -0.1) is 0 Å². The lowest BCUT2D eigenvalue weighted by molar-refractivity contribution is -0.147. The number of carbonyl (C=O) groups is 1. The molecule has 0 atom stereocenters. The average Bonchev–Trinajstić information content (AvgIpc) is 2.11. The molecule has 0 bridgehead atoms. The molecule has 78 valence electrons. The smallest absolute Gasteiger partial charge is 0.305 e. The summed E-state index contributed by atoms with van der Waals surface area (Å²) < 4.78 is 4.94. The average molecular weight is 189 g/mol. The van der Waals surface area contributed by atoms with Crippen LogP contribution in [0, 0.1) is 0 Å². The lowest BCUT2D eigenvalue weighted by atomic mass is 10.1. The molecule has 0 aromatic carbocycles. The molecule has 0 aromatic rings. The van der Waals surface area contributed by atoms with Crippen molar-refractivity contribution in [2.24, 2.45) is 0 Å². The molecular weight excluding hydrogens is 170 g/mol. The molecule has 0 aliphatic heterocycles. The maximum atomic E-state index is 11.0. The topological polar surface area (TPSA) is 58.6 Å². The molecule has 4 heteroatoms. The molecule has 0 spiro atoms. The molecule has 0 fully saturated rings. The molecule has 0 radical (unpaired) electrons. The lowest BCUT2D eigenvalue weighted by Gasteiger charge is -2.21. The van der Waals surface area contributed by atoms with E-state index in [2.05, 4.69) is 5.48 Å². The Morgan fingerprint density at radius 1 is 1.54 bits per heavy atom. The van der Waals surface area contributed by atoms with Crippen LogP contribution >= 0.6 is 0 Å². The highest BCUT2D eigenvalue weighted by Crippen LogP contribution is 2.03. The molecule has 0 saturated heterocycles. The Labute approximate surface area is 79.2 Å². The van der Waals surface area contributed by atoms with E-state index < -0.39 is 5.54 Å². The van der Waals surface area contributed by atoms with Crippen molar-refractivity contribution in [3.05, 3.63) is 0 Å². The first-order chi connectivity index (χ1) is 6.02. The third kappa shape index (κ3) is 6.54. The van der Waals surface area contributed by atoms with Gasteiger partial charge in [-0.05, 0) is 20.3 Å². The minimum Gasteiger partial charge on any atom is -0.464 e. The SMILES string of the molecule is CCCCC(=O)OCC(C)(C)NO. The summed E-state index contributed by atoms with van der Waals surface area (Å²) >= 11 is 0. The van der Waals surface area contributed by atoms with Gasteiger partial charge in [-0.1, -0.05) is 13.3 Å². The molecule has 0 aliphatic carbocycles. The van der Waals surface area contributed by atoms with E-state index in [9.17, 15) is 4.79 Å². The van der Waals surface area contributed by atoms with Gasteiger partial charge in [0.15, 0.2) is 0 Å². The number of ether oxygens (including phenoxy) is 1. The van der Waals surface area contributed by atoms with E-state index in [1.165, 1.54) is 0 Å². The molecule has 4 nitrogen and oxygen atoms in total. The van der Waals surface area contributed by atoms with Crippen LogP contribution in [0.1, 0.15) is 40.0 Å². The molecule has 0 aliphatic rings. The summed E-state index contributed by atoms with van der Waals surface area (Å²) in [5.74, 6) is -0.204. The second-order valence-electron chi connectivity index (χ2n) is 3.76. The normalized spacial score (nSPS) is 11.4. The summed E-state index contributed by atoms with van der Waals surface area (Å²) in [5.41, 5.74) is 1.51. The van der Waals surface area contributed by atoms with Gasteiger partial charge in [0.25, 0.3) is 0 Å². The van der Waals surface area contributed by atoms with E-state index in [0.717, 1.165) is 12.8 Å². The number of hydrogen-bond acceptors (Lipinski definition) is 4. The van der Waals surface area contributed by atoms with Crippen molar-refractivity contribution < 1.29 is 14.7 Å². The van der Waals surface area contributed by atoms with Gasteiger partial charge in [-0.3, -0.25) is 4.79 Å². The fourth-order valence-electron chi connectivity index (χ4n) is 0.686. The largest absolute Gasteiger partial charge is 0.464 e. The van der Waals surface area contributed by atoms with Crippen molar-refractivity contribution in [3.8, 4) is 0 Å². The van der Waals surface area contributed by atoms with Gasteiger partial charge in [-0.2, -0.15) is 5.48 Å². The highest BCUT2D eigenvalue weighted by atomic mass is 16.5. The zero-order valence-corrected chi connectivity index (χ0v) is 8.59. The molecular formula is C9H19NO3. The van der Waals surface area contributed by atoms with Crippen molar-refractivity contribution in [2.45, 2.75) is 45.6 Å². The summed E-state index contributed by atoms with van der Waals surface area (Å²) in [7, 11) is 0. The minimum atomic E-state index is -0.568. The third-order valence-corrected chi connectivity index (χ3v) is 1.63. The van der Waals surface area contributed by atoms with Crippen LogP contribution in [0.15, 0.2) is 0 Å².